The summed E-state index contributed by atoms with van der Waals surface area (Å²) < 4.78 is 5.41. The maximum Gasteiger partial charge on any atom is 0.407 e. The Hall–Kier alpha value is -1.63. The molecule has 0 spiro atoms. The molecule has 7 nitrogen and oxygen atoms in total. The highest BCUT2D eigenvalue weighted by atomic mass is 16.5. The molecule has 2 fully saturated rings. The molecule has 21 heavy (non-hydrogen) atoms. The summed E-state index contributed by atoms with van der Waals surface area (Å²) in [6.07, 6.45) is 1.45. The van der Waals surface area contributed by atoms with Crippen LogP contribution in [0.3, 0.4) is 0 Å². The molecule has 1 saturated carbocycles. The molecular formula is C14H22N4O3. The number of aromatic nitrogens is 2. The Morgan fingerprint density at radius 2 is 2.05 bits per heavy atom. The van der Waals surface area contributed by atoms with E-state index >= 15 is 0 Å². The fourth-order valence-electron chi connectivity index (χ4n) is 3.03. The lowest BCUT2D eigenvalue weighted by atomic mass is 10.1. The van der Waals surface area contributed by atoms with Gasteiger partial charge in [-0.05, 0) is 33.6 Å². The number of rotatable bonds is 3. The van der Waals surface area contributed by atoms with Gasteiger partial charge in [0.1, 0.15) is 0 Å². The molecule has 3 rings (SSSR count). The third kappa shape index (κ3) is 2.74. The molecule has 1 saturated heterocycles. The number of hydrogen-bond acceptors (Lipinski definition) is 5. The third-order valence-corrected chi connectivity index (χ3v) is 4.53. The number of carboxylic acid groups (broad SMARTS) is 1. The Bertz CT molecular complexity index is 528. The zero-order valence-electron chi connectivity index (χ0n) is 12.7. The first-order valence-corrected chi connectivity index (χ1v) is 7.56. The molecule has 1 aliphatic heterocycles. The zero-order chi connectivity index (χ0) is 15.1. The second-order valence-corrected chi connectivity index (χ2v) is 6.27. The lowest BCUT2D eigenvalue weighted by molar-refractivity contribution is 0.0157. The number of amides is 1. The van der Waals surface area contributed by atoms with Gasteiger partial charge < -0.3 is 14.5 Å². The van der Waals surface area contributed by atoms with Crippen molar-refractivity contribution >= 4 is 6.09 Å². The molecular weight excluding hydrogens is 272 g/mol. The lowest BCUT2D eigenvalue weighted by Gasteiger charge is -2.44. The summed E-state index contributed by atoms with van der Waals surface area (Å²) >= 11 is 0. The Kier molecular flexibility index (Phi) is 3.61. The predicted octanol–water partition coefficient (Wildman–Crippen LogP) is 2.08. The largest absolute Gasteiger partial charge is 0.465 e. The number of nitrogens with zero attached hydrogens (tertiary/aromatic N) is 4. The van der Waals surface area contributed by atoms with Crippen molar-refractivity contribution in [2.24, 2.45) is 0 Å². The molecule has 0 radical (unpaired) electrons. The first-order chi connectivity index (χ1) is 9.97. The van der Waals surface area contributed by atoms with E-state index in [0.717, 1.165) is 18.7 Å². The van der Waals surface area contributed by atoms with E-state index in [0.29, 0.717) is 24.9 Å². The maximum absolute atomic E-state index is 11.2. The Labute approximate surface area is 123 Å². The molecule has 1 N–H and O–H groups in total. The lowest BCUT2D eigenvalue weighted by Crippen LogP contribution is -2.58. The first-order valence-electron chi connectivity index (χ1n) is 7.56. The Balaban J connectivity index is 1.71. The summed E-state index contributed by atoms with van der Waals surface area (Å²) in [5, 5.41) is 13.3. The molecule has 1 amide bonds. The van der Waals surface area contributed by atoms with Crippen LogP contribution in [0, 0.1) is 0 Å². The quantitative estimate of drug-likeness (QED) is 0.919. The van der Waals surface area contributed by atoms with Crippen molar-refractivity contribution in [1.82, 2.24) is 19.9 Å². The van der Waals surface area contributed by atoms with Crippen LogP contribution in [-0.2, 0) is 0 Å². The molecule has 7 heteroatoms. The van der Waals surface area contributed by atoms with Crippen LogP contribution in [-0.4, -0.2) is 56.3 Å². The zero-order valence-corrected chi connectivity index (χ0v) is 12.7. The third-order valence-electron chi connectivity index (χ3n) is 4.53. The van der Waals surface area contributed by atoms with Crippen LogP contribution in [0.25, 0.3) is 0 Å². The highest BCUT2D eigenvalue weighted by molar-refractivity contribution is 5.65. The van der Waals surface area contributed by atoms with Crippen LogP contribution in [0.5, 0.6) is 0 Å². The number of carbonyl (C=O) groups is 1. The normalized spacial score (nSPS) is 28.6. The highest BCUT2D eigenvalue weighted by Gasteiger charge is 2.37. The predicted molar refractivity (Wildman–Crippen MR) is 75.0 cm³/mol. The fourth-order valence-corrected chi connectivity index (χ4v) is 3.03. The molecule has 1 aliphatic carbocycles. The topological polar surface area (TPSA) is 82.7 Å². The van der Waals surface area contributed by atoms with Gasteiger partial charge in [0.25, 0.3) is 0 Å². The van der Waals surface area contributed by atoms with E-state index in [4.69, 9.17) is 4.52 Å². The summed E-state index contributed by atoms with van der Waals surface area (Å²) in [6.45, 7) is 7.20. The van der Waals surface area contributed by atoms with E-state index in [-0.39, 0.29) is 18.1 Å². The van der Waals surface area contributed by atoms with Gasteiger partial charge in [0.05, 0.1) is 6.04 Å². The van der Waals surface area contributed by atoms with Crippen LogP contribution in [0.15, 0.2) is 4.52 Å². The van der Waals surface area contributed by atoms with Gasteiger partial charge in [-0.3, -0.25) is 4.90 Å². The number of hydrogen-bond donors (Lipinski definition) is 1. The molecule has 0 aromatic carbocycles. The van der Waals surface area contributed by atoms with Gasteiger partial charge >= 0.3 is 6.09 Å². The molecule has 1 aromatic heterocycles. The summed E-state index contributed by atoms with van der Waals surface area (Å²) in [6, 6.07) is 0.106. The second kappa shape index (κ2) is 5.29. The van der Waals surface area contributed by atoms with E-state index in [2.05, 4.69) is 15.0 Å². The fraction of sp³-hybridized carbons (Fsp3) is 0.786. The van der Waals surface area contributed by atoms with Gasteiger partial charge in [-0.1, -0.05) is 5.16 Å². The minimum Gasteiger partial charge on any atom is -0.465 e. The van der Waals surface area contributed by atoms with Gasteiger partial charge in [-0.15, -0.1) is 0 Å². The number of piperazine rings is 1. The van der Waals surface area contributed by atoms with Gasteiger partial charge in [0.2, 0.25) is 5.89 Å². The van der Waals surface area contributed by atoms with Crippen molar-refractivity contribution in [3.63, 3.8) is 0 Å². The van der Waals surface area contributed by atoms with E-state index in [1.54, 1.807) is 0 Å². The molecule has 116 valence electrons. The van der Waals surface area contributed by atoms with Crippen molar-refractivity contribution in [2.75, 3.05) is 13.1 Å². The van der Waals surface area contributed by atoms with Crippen LogP contribution >= 0.6 is 0 Å². The minimum absolute atomic E-state index is 0.0124. The van der Waals surface area contributed by atoms with Crippen molar-refractivity contribution in [3.8, 4) is 0 Å². The maximum atomic E-state index is 11.2. The van der Waals surface area contributed by atoms with Gasteiger partial charge in [0, 0.05) is 31.1 Å². The molecule has 2 aliphatic rings. The molecule has 0 bridgehead atoms. The molecule has 1 unspecified atom stereocenters. The van der Waals surface area contributed by atoms with Crippen LogP contribution in [0.4, 0.5) is 4.79 Å². The summed E-state index contributed by atoms with van der Waals surface area (Å²) in [7, 11) is 0. The molecule has 1 aromatic rings. The summed E-state index contributed by atoms with van der Waals surface area (Å²) in [4.78, 5) is 19.5. The van der Waals surface area contributed by atoms with Crippen LogP contribution < -0.4 is 0 Å². The molecule has 3 atom stereocenters. The summed E-state index contributed by atoms with van der Waals surface area (Å²) in [5.41, 5.74) is 0. The van der Waals surface area contributed by atoms with Crippen molar-refractivity contribution in [3.05, 3.63) is 11.7 Å². The first kappa shape index (κ1) is 14.3. The van der Waals surface area contributed by atoms with Crippen LogP contribution in [0.1, 0.15) is 57.3 Å². The standard InChI is InChI=1S/C14H22N4O3/c1-8-7-18(14(19)20)9(2)6-17(8)10(3)13-15-12(16-21-13)11-4-5-11/h8-11H,4-7H2,1-3H3,(H,19,20)/t8-,9+,10?/m1/s1. The monoisotopic (exact) mass is 294 g/mol. The van der Waals surface area contributed by atoms with E-state index in [1.807, 2.05) is 20.8 Å². The van der Waals surface area contributed by atoms with Gasteiger partial charge in [-0.25, -0.2) is 4.79 Å². The van der Waals surface area contributed by atoms with Crippen LogP contribution in [0.2, 0.25) is 0 Å². The van der Waals surface area contributed by atoms with Gasteiger partial charge in [0.15, 0.2) is 5.82 Å². The van der Waals surface area contributed by atoms with E-state index in [1.165, 1.54) is 4.90 Å². The van der Waals surface area contributed by atoms with E-state index < -0.39 is 6.09 Å². The van der Waals surface area contributed by atoms with Crippen molar-refractivity contribution in [1.29, 1.82) is 0 Å². The minimum atomic E-state index is -0.851. The van der Waals surface area contributed by atoms with Crippen molar-refractivity contribution < 1.29 is 14.4 Å². The smallest absolute Gasteiger partial charge is 0.407 e. The second-order valence-electron chi connectivity index (χ2n) is 6.27. The van der Waals surface area contributed by atoms with E-state index in [9.17, 15) is 9.90 Å². The van der Waals surface area contributed by atoms with Gasteiger partial charge in [-0.2, -0.15) is 4.98 Å². The average molecular weight is 294 g/mol. The SMILES string of the molecule is CC(c1nc(C2CC2)no1)N1C[C@H](C)N(C(=O)O)C[C@H]1C. The van der Waals surface area contributed by atoms with Crippen molar-refractivity contribution in [2.45, 2.75) is 57.7 Å². The average Bonchev–Trinajstić information content (AvgIpc) is 3.17. The Morgan fingerprint density at radius 3 is 2.67 bits per heavy atom. The Morgan fingerprint density at radius 1 is 1.33 bits per heavy atom. The molecule has 2 heterocycles. The highest BCUT2D eigenvalue weighted by Crippen LogP contribution is 2.39. The summed E-state index contributed by atoms with van der Waals surface area (Å²) in [5.74, 6) is 1.94.